The lowest BCUT2D eigenvalue weighted by Gasteiger charge is -2.25. The lowest BCUT2D eigenvalue weighted by Crippen LogP contribution is -2.33. The lowest BCUT2D eigenvalue weighted by atomic mass is 9.94. The van der Waals surface area contributed by atoms with E-state index in [1.807, 2.05) is 6.07 Å². The van der Waals surface area contributed by atoms with E-state index in [-0.39, 0.29) is 17.9 Å². The van der Waals surface area contributed by atoms with E-state index in [4.69, 9.17) is 5.11 Å². The zero-order chi connectivity index (χ0) is 11.0. The van der Waals surface area contributed by atoms with Gasteiger partial charge in [-0.3, -0.25) is 4.79 Å². The molecule has 1 aromatic rings. The Morgan fingerprint density at radius 2 is 2.20 bits per heavy atom. The van der Waals surface area contributed by atoms with Crippen LogP contribution < -0.4 is 0 Å². The molecule has 0 unspecified atom stereocenters. The van der Waals surface area contributed by atoms with Gasteiger partial charge in [0.25, 0.3) is 0 Å². The second-order valence-corrected chi connectivity index (χ2v) is 3.67. The number of likely N-dealkylation sites (N-methyl/N-ethyl adjacent to an activating group) is 1. The van der Waals surface area contributed by atoms with Crippen molar-refractivity contribution in [2.24, 2.45) is 0 Å². The monoisotopic (exact) mass is 205 g/mol. The number of benzene rings is 1. The fourth-order valence-electron chi connectivity index (χ4n) is 1.82. The van der Waals surface area contributed by atoms with Gasteiger partial charge < -0.3 is 10.0 Å². The molecule has 78 valence electrons. The van der Waals surface area contributed by atoms with E-state index in [1.165, 1.54) is 0 Å². The summed E-state index contributed by atoms with van der Waals surface area (Å²) in [4.78, 5) is 24.0. The van der Waals surface area contributed by atoms with Crippen molar-refractivity contribution in [2.45, 2.75) is 13.0 Å². The number of carboxylic acid groups (broad SMARTS) is 1. The predicted molar refractivity (Wildman–Crippen MR) is 53.6 cm³/mol. The van der Waals surface area contributed by atoms with Gasteiger partial charge in [-0.05, 0) is 17.2 Å². The van der Waals surface area contributed by atoms with Crippen LogP contribution in [0.15, 0.2) is 18.2 Å². The molecule has 1 N–H and O–H groups in total. The van der Waals surface area contributed by atoms with Crippen LogP contribution in [0, 0.1) is 0 Å². The highest BCUT2D eigenvalue weighted by atomic mass is 16.4. The second kappa shape index (κ2) is 3.38. The third-order valence-corrected chi connectivity index (χ3v) is 2.66. The minimum absolute atomic E-state index is 0.0313. The summed E-state index contributed by atoms with van der Waals surface area (Å²) in [7, 11) is 1.72. The van der Waals surface area contributed by atoms with Crippen LogP contribution in [-0.4, -0.2) is 28.9 Å². The van der Waals surface area contributed by atoms with Gasteiger partial charge in [-0.2, -0.15) is 0 Å². The number of rotatable bonds is 1. The van der Waals surface area contributed by atoms with Crippen molar-refractivity contribution in [3.63, 3.8) is 0 Å². The largest absolute Gasteiger partial charge is 0.478 e. The Bertz CT molecular complexity index is 439. The van der Waals surface area contributed by atoms with Crippen LogP contribution in [-0.2, 0) is 17.8 Å². The maximum Gasteiger partial charge on any atom is 0.335 e. The highest BCUT2D eigenvalue weighted by Crippen LogP contribution is 2.22. The molecule has 0 fully saturated rings. The molecule has 0 bridgehead atoms. The molecular formula is C11H11NO3. The molecule has 0 atom stereocenters. The highest BCUT2D eigenvalue weighted by molar-refractivity contribution is 5.93. The predicted octanol–water partition coefficient (Wildman–Crippen LogP) is 0.899. The fourth-order valence-corrected chi connectivity index (χ4v) is 1.82. The smallest absolute Gasteiger partial charge is 0.335 e. The summed E-state index contributed by atoms with van der Waals surface area (Å²) in [6, 6.07) is 5.12. The molecule has 1 amide bonds. The van der Waals surface area contributed by atoms with Crippen LogP contribution in [0.3, 0.4) is 0 Å². The van der Waals surface area contributed by atoms with Crippen LogP contribution in [0.2, 0.25) is 0 Å². The number of hydrogen-bond donors (Lipinski definition) is 1. The third kappa shape index (κ3) is 1.58. The molecule has 0 aromatic heterocycles. The first-order valence-corrected chi connectivity index (χ1v) is 4.67. The average molecular weight is 205 g/mol. The molecule has 0 radical (unpaired) electrons. The molecule has 15 heavy (non-hydrogen) atoms. The van der Waals surface area contributed by atoms with Crippen LogP contribution in [0.5, 0.6) is 0 Å². The highest BCUT2D eigenvalue weighted by Gasteiger charge is 2.24. The van der Waals surface area contributed by atoms with Crippen molar-refractivity contribution in [3.05, 3.63) is 34.9 Å². The molecule has 0 saturated carbocycles. The Labute approximate surface area is 87.1 Å². The number of aromatic carboxylic acids is 1. The lowest BCUT2D eigenvalue weighted by molar-refractivity contribution is -0.130. The molecule has 4 nitrogen and oxygen atoms in total. The number of fused-ring (bicyclic) bond motifs is 1. The van der Waals surface area contributed by atoms with Crippen LogP contribution >= 0.6 is 0 Å². The van der Waals surface area contributed by atoms with E-state index in [0.29, 0.717) is 12.1 Å². The number of carbonyl (C=O) groups is 2. The van der Waals surface area contributed by atoms with Gasteiger partial charge in [0.2, 0.25) is 5.91 Å². The molecule has 0 aliphatic carbocycles. The quantitative estimate of drug-likeness (QED) is 0.741. The van der Waals surface area contributed by atoms with E-state index >= 15 is 0 Å². The van der Waals surface area contributed by atoms with Gasteiger partial charge >= 0.3 is 5.97 Å². The number of nitrogens with zero attached hydrogens (tertiary/aromatic N) is 1. The summed E-state index contributed by atoms with van der Waals surface area (Å²) in [5, 5.41) is 8.97. The van der Waals surface area contributed by atoms with Crippen molar-refractivity contribution in [2.75, 3.05) is 7.05 Å². The summed E-state index contributed by atoms with van der Waals surface area (Å²) in [6.45, 7) is 0.495. The Hall–Kier alpha value is -1.84. The first-order chi connectivity index (χ1) is 7.09. The summed E-state index contributed by atoms with van der Waals surface area (Å²) in [5.74, 6) is -1.000. The first-order valence-electron chi connectivity index (χ1n) is 4.67. The molecule has 1 aromatic carbocycles. The molecule has 2 rings (SSSR count). The van der Waals surface area contributed by atoms with Crippen molar-refractivity contribution in [1.29, 1.82) is 0 Å². The molecule has 0 spiro atoms. The Balaban J connectivity index is 2.52. The van der Waals surface area contributed by atoms with Gasteiger partial charge in [0.05, 0.1) is 12.0 Å². The number of carboxylic acids is 1. The van der Waals surface area contributed by atoms with E-state index in [2.05, 4.69) is 0 Å². The maximum absolute atomic E-state index is 11.5. The van der Waals surface area contributed by atoms with Gasteiger partial charge in [0, 0.05) is 13.6 Å². The Morgan fingerprint density at radius 3 is 2.87 bits per heavy atom. The normalized spacial score (nSPS) is 15.0. The van der Waals surface area contributed by atoms with Crippen LogP contribution in [0.1, 0.15) is 21.5 Å². The number of hydrogen-bond acceptors (Lipinski definition) is 2. The van der Waals surface area contributed by atoms with Gasteiger partial charge in [-0.15, -0.1) is 0 Å². The van der Waals surface area contributed by atoms with E-state index in [9.17, 15) is 9.59 Å². The van der Waals surface area contributed by atoms with E-state index in [1.54, 1.807) is 24.1 Å². The van der Waals surface area contributed by atoms with Gasteiger partial charge in [-0.25, -0.2) is 4.79 Å². The molecule has 1 heterocycles. The zero-order valence-corrected chi connectivity index (χ0v) is 8.36. The zero-order valence-electron chi connectivity index (χ0n) is 8.36. The topological polar surface area (TPSA) is 57.6 Å². The van der Waals surface area contributed by atoms with Crippen LogP contribution in [0.25, 0.3) is 0 Å². The van der Waals surface area contributed by atoms with E-state index in [0.717, 1.165) is 5.56 Å². The van der Waals surface area contributed by atoms with Crippen molar-refractivity contribution in [1.82, 2.24) is 4.90 Å². The van der Waals surface area contributed by atoms with Gasteiger partial charge in [0.15, 0.2) is 0 Å². The van der Waals surface area contributed by atoms with E-state index < -0.39 is 5.97 Å². The molecule has 1 aliphatic heterocycles. The van der Waals surface area contributed by atoms with Gasteiger partial charge in [0.1, 0.15) is 0 Å². The Morgan fingerprint density at radius 1 is 1.47 bits per heavy atom. The summed E-state index contributed by atoms with van der Waals surface area (Å²) >= 11 is 0. The standard InChI is InChI=1S/C11H11NO3/c1-12-6-7-3-2-4-8(11(14)15)9(7)5-10(12)13/h2-4H,5-6H2,1H3,(H,14,15). The van der Waals surface area contributed by atoms with Crippen molar-refractivity contribution < 1.29 is 14.7 Å². The molecule has 0 saturated heterocycles. The molecule has 1 aliphatic rings. The number of carbonyl (C=O) groups excluding carboxylic acids is 1. The minimum atomic E-state index is -0.968. The number of amides is 1. The fraction of sp³-hybridized carbons (Fsp3) is 0.273. The average Bonchev–Trinajstić information content (AvgIpc) is 2.18. The van der Waals surface area contributed by atoms with Crippen LogP contribution in [0.4, 0.5) is 0 Å². The third-order valence-electron chi connectivity index (χ3n) is 2.66. The summed E-state index contributed by atoms with van der Waals surface area (Å²) < 4.78 is 0. The Kier molecular flexibility index (Phi) is 2.19. The molecule has 4 heteroatoms. The second-order valence-electron chi connectivity index (χ2n) is 3.67. The van der Waals surface area contributed by atoms with Gasteiger partial charge in [-0.1, -0.05) is 12.1 Å². The van der Waals surface area contributed by atoms with Crippen molar-refractivity contribution in [3.8, 4) is 0 Å². The molecular weight excluding hydrogens is 194 g/mol. The maximum atomic E-state index is 11.5. The minimum Gasteiger partial charge on any atom is -0.478 e. The summed E-state index contributed by atoms with van der Waals surface area (Å²) in [6.07, 6.45) is 0.189. The first kappa shape index (κ1) is 9.71. The SMILES string of the molecule is CN1Cc2cccc(C(=O)O)c2CC1=O. The van der Waals surface area contributed by atoms with Crippen molar-refractivity contribution >= 4 is 11.9 Å². The summed E-state index contributed by atoms with van der Waals surface area (Å²) in [5.41, 5.74) is 1.83.